The summed E-state index contributed by atoms with van der Waals surface area (Å²) in [7, 11) is 4.00. The third-order valence-corrected chi connectivity index (χ3v) is 4.49. The molecular formula is C18H23N5O2. The van der Waals surface area contributed by atoms with E-state index in [1.54, 1.807) is 12.3 Å². The van der Waals surface area contributed by atoms with Crippen LogP contribution in [0.1, 0.15) is 28.2 Å². The van der Waals surface area contributed by atoms with E-state index in [4.69, 9.17) is 0 Å². The van der Waals surface area contributed by atoms with Crippen molar-refractivity contribution >= 4 is 5.91 Å². The number of carbonyl (C=O) groups is 1. The van der Waals surface area contributed by atoms with Crippen LogP contribution in [-0.4, -0.2) is 52.0 Å². The van der Waals surface area contributed by atoms with E-state index in [0.29, 0.717) is 12.2 Å². The molecule has 1 amide bonds. The van der Waals surface area contributed by atoms with Gasteiger partial charge in [-0.3, -0.25) is 14.6 Å². The van der Waals surface area contributed by atoms with Crippen LogP contribution in [0.5, 0.6) is 0 Å². The van der Waals surface area contributed by atoms with Crippen LogP contribution in [0.4, 0.5) is 0 Å². The predicted molar refractivity (Wildman–Crippen MR) is 94.6 cm³/mol. The number of amides is 1. The van der Waals surface area contributed by atoms with Crippen molar-refractivity contribution in [3.8, 4) is 0 Å². The van der Waals surface area contributed by atoms with Crippen molar-refractivity contribution in [2.45, 2.75) is 31.8 Å². The van der Waals surface area contributed by atoms with Crippen molar-refractivity contribution in [3.05, 3.63) is 58.0 Å². The molecule has 7 nitrogen and oxygen atoms in total. The van der Waals surface area contributed by atoms with Crippen molar-refractivity contribution in [1.29, 1.82) is 0 Å². The minimum Gasteiger partial charge on any atom is -0.348 e. The van der Waals surface area contributed by atoms with Gasteiger partial charge in [0, 0.05) is 43.3 Å². The summed E-state index contributed by atoms with van der Waals surface area (Å²) < 4.78 is 1.87. The van der Waals surface area contributed by atoms with Gasteiger partial charge in [-0.15, -0.1) is 0 Å². The van der Waals surface area contributed by atoms with Gasteiger partial charge in [0.05, 0.1) is 6.20 Å². The summed E-state index contributed by atoms with van der Waals surface area (Å²) in [6.45, 7) is 1.51. The molecule has 0 aromatic carbocycles. The van der Waals surface area contributed by atoms with E-state index in [2.05, 4.69) is 20.2 Å². The summed E-state index contributed by atoms with van der Waals surface area (Å²) in [5, 5.41) is 3.02. The highest BCUT2D eigenvalue weighted by Crippen LogP contribution is 2.20. The van der Waals surface area contributed by atoms with E-state index in [9.17, 15) is 9.59 Å². The summed E-state index contributed by atoms with van der Waals surface area (Å²) in [4.78, 5) is 34.5. The van der Waals surface area contributed by atoms with Crippen molar-refractivity contribution in [2.24, 2.45) is 0 Å². The second-order valence-corrected chi connectivity index (χ2v) is 6.60. The van der Waals surface area contributed by atoms with E-state index < -0.39 is 0 Å². The molecule has 0 saturated carbocycles. The second kappa shape index (κ2) is 7.57. The summed E-state index contributed by atoms with van der Waals surface area (Å²) >= 11 is 0. The molecule has 0 radical (unpaired) electrons. The molecule has 0 saturated heterocycles. The van der Waals surface area contributed by atoms with Crippen LogP contribution in [0.2, 0.25) is 0 Å². The highest BCUT2D eigenvalue weighted by molar-refractivity contribution is 5.92. The Morgan fingerprint density at radius 3 is 2.92 bits per heavy atom. The Morgan fingerprint density at radius 2 is 2.20 bits per heavy atom. The quantitative estimate of drug-likeness (QED) is 0.856. The molecule has 1 aliphatic rings. The molecular weight excluding hydrogens is 318 g/mol. The number of rotatable bonds is 5. The molecule has 1 aliphatic carbocycles. The van der Waals surface area contributed by atoms with Crippen LogP contribution in [0.15, 0.2) is 35.5 Å². The summed E-state index contributed by atoms with van der Waals surface area (Å²) in [5.74, 6) is -0.206. The molecule has 132 valence electrons. The van der Waals surface area contributed by atoms with Crippen LogP contribution < -0.4 is 10.9 Å². The maximum Gasteiger partial charge on any atom is 0.271 e. The van der Waals surface area contributed by atoms with Gasteiger partial charge < -0.3 is 14.8 Å². The van der Waals surface area contributed by atoms with E-state index >= 15 is 0 Å². The van der Waals surface area contributed by atoms with Gasteiger partial charge in [-0.2, -0.15) is 0 Å². The van der Waals surface area contributed by atoms with E-state index in [0.717, 1.165) is 37.1 Å². The van der Waals surface area contributed by atoms with E-state index in [1.165, 1.54) is 12.4 Å². The van der Waals surface area contributed by atoms with Crippen LogP contribution in [0, 0.1) is 0 Å². The third kappa shape index (κ3) is 4.11. The molecule has 25 heavy (non-hydrogen) atoms. The lowest BCUT2D eigenvalue weighted by molar-refractivity contribution is 0.0928. The average molecular weight is 341 g/mol. The van der Waals surface area contributed by atoms with E-state index in [-0.39, 0.29) is 17.5 Å². The number of carbonyl (C=O) groups excluding carboxylic acids is 1. The second-order valence-electron chi connectivity index (χ2n) is 6.60. The zero-order chi connectivity index (χ0) is 17.8. The Kier molecular flexibility index (Phi) is 5.23. The van der Waals surface area contributed by atoms with Gasteiger partial charge >= 0.3 is 0 Å². The lowest BCUT2D eigenvalue weighted by Crippen LogP contribution is -2.41. The number of hydrogen-bond donors (Lipinski definition) is 1. The van der Waals surface area contributed by atoms with Crippen molar-refractivity contribution in [1.82, 2.24) is 24.8 Å². The molecule has 1 unspecified atom stereocenters. The molecule has 3 rings (SSSR count). The fourth-order valence-corrected chi connectivity index (χ4v) is 3.17. The number of nitrogens with one attached hydrogen (secondary N) is 1. The standard InChI is InChI=1S/C18H23N5O2/c1-22(2)9-10-23-16-5-4-14(11-13(16)3-6-17(23)24)21-18(25)15-12-19-7-8-20-15/h3,6-8,12,14H,4-5,9-11H2,1-2H3,(H,21,25). The molecule has 2 aromatic rings. The SMILES string of the molecule is CN(C)CCn1c2c(ccc1=O)CC(NC(=O)c1cnccn1)CC2. The number of hydrogen-bond acceptors (Lipinski definition) is 5. The Balaban J connectivity index is 1.72. The number of nitrogens with zero attached hydrogens (tertiary/aromatic N) is 4. The zero-order valence-electron chi connectivity index (χ0n) is 14.6. The maximum atomic E-state index is 12.2. The van der Waals surface area contributed by atoms with Gasteiger partial charge in [0.2, 0.25) is 0 Å². The molecule has 2 heterocycles. The highest BCUT2D eigenvalue weighted by atomic mass is 16.2. The topological polar surface area (TPSA) is 80.1 Å². The lowest BCUT2D eigenvalue weighted by atomic mass is 9.91. The molecule has 0 aliphatic heterocycles. The smallest absolute Gasteiger partial charge is 0.271 e. The molecule has 0 bridgehead atoms. The van der Waals surface area contributed by atoms with Gasteiger partial charge in [0.25, 0.3) is 11.5 Å². The van der Waals surface area contributed by atoms with Gasteiger partial charge in [-0.1, -0.05) is 6.07 Å². The molecule has 2 aromatic heterocycles. The first-order valence-electron chi connectivity index (χ1n) is 8.48. The summed E-state index contributed by atoms with van der Waals surface area (Å²) in [5.41, 5.74) is 2.60. The molecule has 1 N–H and O–H groups in total. The van der Waals surface area contributed by atoms with Crippen LogP contribution in [0.3, 0.4) is 0 Å². The lowest BCUT2D eigenvalue weighted by Gasteiger charge is -2.28. The van der Waals surface area contributed by atoms with Crippen LogP contribution >= 0.6 is 0 Å². The van der Waals surface area contributed by atoms with Gasteiger partial charge in [0.1, 0.15) is 5.69 Å². The maximum absolute atomic E-state index is 12.2. The minimum absolute atomic E-state index is 0.0433. The van der Waals surface area contributed by atoms with Crippen LogP contribution in [-0.2, 0) is 19.4 Å². The third-order valence-electron chi connectivity index (χ3n) is 4.49. The number of aromatic nitrogens is 3. The zero-order valence-corrected chi connectivity index (χ0v) is 14.6. The predicted octanol–water partition coefficient (Wildman–Crippen LogP) is 0.487. The van der Waals surface area contributed by atoms with Crippen molar-refractivity contribution in [3.63, 3.8) is 0 Å². The monoisotopic (exact) mass is 341 g/mol. The van der Waals surface area contributed by atoms with E-state index in [1.807, 2.05) is 24.7 Å². The fraction of sp³-hybridized carbons (Fsp3) is 0.444. The number of pyridine rings is 1. The summed E-state index contributed by atoms with van der Waals surface area (Å²) in [6.07, 6.45) is 6.83. The van der Waals surface area contributed by atoms with Crippen molar-refractivity contribution < 1.29 is 4.79 Å². The molecule has 1 atom stereocenters. The number of likely N-dealkylation sites (N-methyl/N-ethyl adjacent to an activating group) is 1. The fourth-order valence-electron chi connectivity index (χ4n) is 3.17. The molecule has 7 heteroatoms. The van der Waals surface area contributed by atoms with Gasteiger partial charge in [0.15, 0.2) is 0 Å². The Labute approximate surface area is 146 Å². The Bertz CT molecular complexity index is 801. The van der Waals surface area contributed by atoms with Crippen molar-refractivity contribution in [2.75, 3.05) is 20.6 Å². The van der Waals surface area contributed by atoms with Crippen LogP contribution in [0.25, 0.3) is 0 Å². The average Bonchev–Trinajstić information content (AvgIpc) is 2.61. The first kappa shape index (κ1) is 17.3. The number of fused-ring (bicyclic) bond motifs is 1. The van der Waals surface area contributed by atoms with Gasteiger partial charge in [-0.05, 0) is 38.9 Å². The first-order valence-corrected chi connectivity index (χ1v) is 8.48. The summed E-state index contributed by atoms with van der Waals surface area (Å²) in [6, 6.07) is 3.56. The normalized spacial score (nSPS) is 16.5. The Hall–Kier alpha value is -2.54. The molecule has 0 fully saturated rings. The Morgan fingerprint density at radius 1 is 1.36 bits per heavy atom. The highest BCUT2D eigenvalue weighted by Gasteiger charge is 2.23. The first-order chi connectivity index (χ1) is 12.0. The molecule has 0 spiro atoms. The minimum atomic E-state index is -0.206. The largest absolute Gasteiger partial charge is 0.348 e. The van der Waals surface area contributed by atoms with Gasteiger partial charge in [-0.25, -0.2) is 4.98 Å².